The normalized spacial score (nSPS) is 15.9. The molecule has 0 saturated heterocycles. The minimum absolute atomic E-state index is 0.140. The van der Waals surface area contributed by atoms with Gasteiger partial charge in [0.05, 0.1) is 0 Å². The van der Waals surface area contributed by atoms with Gasteiger partial charge >= 0.3 is 0 Å². The summed E-state index contributed by atoms with van der Waals surface area (Å²) in [5, 5.41) is 3.37. The molecule has 0 radical (unpaired) electrons. The zero-order valence-corrected chi connectivity index (χ0v) is 11.6. The van der Waals surface area contributed by atoms with Crippen LogP contribution in [0.3, 0.4) is 0 Å². The van der Waals surface area contributed by atoms with Crippen LogP contribution >= 0.6 is 23.2 Å². The Hall–Kier alpha value is -0.800. The maximum Gasteiger partial charge on any atom is 0.251 e. The van der Waals surface area contributed by atoms with Crippen molar-refractivity contribution in [1.82, 2.24) is 10.3 Å². The van der Waals surface area contributed by atoms with E-state index in [1.54, 1.807) is 0 Å². The van der Waals surface area contributed by atoms with Gasteiger partial charge in [-0.15, -0.1) is 0 Å². The highest BCUT2D eigenvalue weighted by molar-refractivity contribution is 6.33. The smallest absolute Gasteiger partial charge is 0.251 e. The van der Waals surface area contributed by atoms with Gasteiger partial charge in [-0.05, 0) is 24.5 Å². The lowest BCUT2D eigenvalue weighted by molar-refractivity contribution is 0.0951. The van der Waals surface area contributed by atoms with Gasteiger partial charge in [-0.1, -0.05) is 48.9 Å². The number of nitrogens with one attached hydrogen (secondary N) is 1. The second kappa shape index (κ2) is 6.39. The summed E-state index contributed by atoms with van der Waals surface area (Å²) in [6.07, 6.45) is 6.30. The van der Waals surface area contributed by atoms with E-state index >= 15 is 0 Å². The van der Waals surface area contributed by atoms with Gasteiger partial charge in [0.15, 0.2) is 0 Å². The molecule has 1 amide bonds. The van der Waals surface area contributed by atoms with Gasteiger partial charge in [0.2, 0.25) is 0 Å². The molecule has 0 aliphatic heterocycles. The van der Waals surface area contributed by atoms with Crippen molar-refractivity contribution in [3.63, 3.8) is 0 Å². The molecule has 1 aromatic rings. The highest BCUT2D eigenvalue weighted by Gasteiger charge is 2.15. The predicted octanol–water partition coefficient (Wildman–Crippen LogP) is 3.70. The Morgan fingerprint density at radius 1 is 1.28 bits per heavy atom. The van der Waals surface area contributed by atoms with E-state index in [0.717, 1.165) is 12.3 Å². The monoisotopic (exact) mass is 286 g/mol. The van der Waals surface area contributed by atoms with Gasteiger partial charge in [-0.25, -0.2) is 4.98 Å². The number of carbonyl (C=O) groups is 1. The van der Waals surface area contributed by atoms with Gasteiger partial charge in [-0.2, -0.15) is 0 Å². The summed E-state index contributed by atoms with van der Waals surface area (Å²) in [6, 6.07) is 3.05. The number of rotatable bonds is 4. The minimum Gasteiger partial charge on any atom is -0.352 e. The number of hydrogen-bond donors (Lipinski definition) is 1. The molecule has 1 fully saturated rings. The highest BCUT2D eigenvalue weighted by Crippen LogP contribution is 2.26. The number of carbonyl (C=O) groups excluding carboxylic acids is 1. The van der Waals surface area contributed by atoms with E-state index in [-0.39, 0.29) is 16.2 Å². The third kappa shape index (κ3) is 3.85. The molecule has 0 atom stereocenters. The van der Waals surface area contributed by atoms with Crippen LogP contribution in [-0.2, 0) is 0 Å². The van der Waals surface area contributed by atoms with Gasteiger partial charge in [0.1, 0.15) is 10.3 Å². The van der Waals surface area contributed by atoms with E-state index in [2.05, 4.69) is 10.3 Å². The van der Waals surface area contributed by atoms with Crippen molar-refractivity contribution < 1.29 is 4.79 Å². The largest absolute Gasteiger partial charge is 0.352 e. The Kier molecular flexibility index (Phi) is 4.84. The van der Waals surface area contributed by atoms with Crippen LogP contribution in [0, 0.1) is 5.92 Å². The van der Waals surface area contributed by atoms with Gasteiger partial charge in [0.25, 0.3) is 5.91 Å². The van der Waals surface area contributed by atoms with Crippen LogP contribution in [0.15, 0.2) is 12.1 Å². The van der Waals surface area contributed by atoms with E-state index in [1.807, 2.05) is 0 Å². The standard InChI is InChI=1S/C13H16Cl2N2O/c14-11-7-10(8-12(15)17-11)13(18)16-6-5-9-3-1-2-4-9/h7-9H,1-6H2,(H,16,18). The molecule has 98 valence electrons. The van der Waals surface area contributed by atoms with Crippen LogP contribution in [-0.4, -0.2) is 17.4 Å². The summed E-state index contributed by atoms with van der Waals surface area (Å²) >= 11 is 11.5. The first-order chi connectivity index (χ1) is 8.65. The lowest BCUT2D eigenvalue weighted by Crippen LogP contribution is -2.25. The Labute approximate surface area is 117 Å². The van der Waals surface area contributed by atoms with E-state index in [9.17, 15) is 4.79 Å². The molecule has 1 saturated carbocycles. The summed E-state index contributed by atoms with van der Waals surface area (Å²) in [7, 11) is 0. The summed E-state index contributed by atoms with van der Waals surface area (Å²) in [5.41, 5.74) is 0.464. The molecule has 0 unspecified atom stereocenters. The average molecular weight is 287 g/mol. The van der Waals surface area contributed by atoms with Crippen LogP contribution in [0.1, 0.15) is 42.5 Å². The van der Waals surface area contributed by atoms with Gasteiger partial charge in [-0.3, -0.25) is 4.79 Å². The Balaban J connectivity index is 1.83. The summed E-state index contributed by atoms with van der Waals surface area (Å²) < 4.78 is 0. The Bertz CT molecular complexity index is 411. The number of nitrogens with zero attached hydrogens (tertiary/aromatic N) is 1. The Morgan fingerprint density at radius 3 is 2.50 bits per heavy atom. The number of hydrogen-bond acceptors (Lipinski definition) is 2. The first-order valence-electron chi connectivity index (χ1n) is 6.26. The zero-order valence-electron chi connectivity index (χ0n) is 10.1. The molecule has 18 heavy (non-hydrogen) atoms. The molecule has 0 aromatic carbocycles. The lowest BCUT2D eigenvalue weighted by Gasteiger charge is -2.10. The molecular formula is C13H16Cl2N2O. The lowest BCUT2D eigenvalue weighted by atomic mass is 10.0. The van der Waals surface area contributed by atoms with Crippen molar-refractivity contribution in [2.75, 3.05) is 6.54 Å². The SMILES string of the molecule is O=C(NCCC1CCCC1)c1cc(Cl)nc(Cl)c1. The van der Waals surface area contributed by atoms with Crippen LogP contribution in [0.4, 0.5) is 0 Å². The fraction of sp³-hybridized carbons (Fsp3) is 0.538. The topological polar surface area (TPSA) is 42.0 Å². The van der Waals surface area contributed by atoms with E-state index in [4.69, 9.17) is 23.2 Å². The quantitative estimate of drug-likeness (QED) is 0.858. The number of pyridine rings is 1. The second-order valence-electron chi connectivity index (χ2n) is 4.70. The fourth-order valence-electron chi connectivity index (χ4n) is 2.39. The molecule has 3 nitrogen and oxygen atoms in total. The molecule has 1 aromatic heterocycles. The van der Waals surface area contributed by atoms with Crippen molar-refractivity contribution in [2.45, 2.75) is 32.1 Å². The van der Waals surface area contributed by atoms with Crippen molar-refractivity contribution in [1.29, 1.82) is 0 Å². The molecule has 1 aliphatic carbocycles. The second-order valence-corrected chi connectivity index (χ2v) is 5.47. The van der Waals surface area contributed by atoms with Crippen LogP contribution < -0.4 is 5.32 Å². The summed E-state index contributed by atoms with van der Waals surface area (Å²) in [5.74, 6) is 0.633. The first-order valence-corrected chi connectivity index (χ1v) is 7.02. The minimum atomic E-state index is -0.140. The van der Waals surface area contributed by atoms with Crippen LogP contribution in [0.2, 0.25) is 10.3 Å². The molecule has 1 aliphatic rings. The summed E-state index contributed by atoms with van der Waals surface area (Å²) in [6.45, 7) is 0.709. The third-order valence-electron chi connectivity index (χ3n) is 3.34. The fourth-order valence-corrected chi connectivity index (χ4v) is 2.85. The first kappa shape index (κ1) is 13.6. The maximum absolute atomic E-state index is 11.9. The molecule has 0 spiro atoms. The van der Waals surface area contributed by atoms with Crippen molar-refractivity contribution in [2.24, 2.45) is 5.92 Å². The number of halogens is 2. The molecular weight excluding hydrogens is 271 g/mol. The van der Waals surface area contributed by atoms with Gasteiger partial charge < -0.3 is 5.32 Å². The third-order valence-corrected chi connectivity index (χ3v) is 3.73. The maximum atomic E-state index is 11.9. The van der Waals surface area contributed by atoms with Crippen LogP contribution in [0.25, 0.3) is 0 Å². The highest BCUT2D eigenvalue weighted by atomic mass is 35.5. The van der Waals surface area contributed by atoms with Crippen molar-refractivity contribution in [3.8, 4) is 0 Å². The number of amides is 1. The molecule has 5 heteroatoms. The average Bonchev–Trinajstić information content (AvgIpc) is 2.80. The Morgan fingerprint density at radius 2 is 1.89 bits per heavy atom. The van der Waals surface area contributed by atoms with E-state index in [0.29, 0.717) is 12.1 Å². The van der Waals surface area contributed by atoms with Crippen molar-refractivity contribution >= 4 is 29.1 Å². The zero-order chi connectivity index (χ0) is 13.0. The number of aromatic nitrogens is 1. The van der Waals surface area contributed by atoms with Crippen molar-refractivity contribution in [3.05, 3.63) is 28.0 Å². The molecule has 0 bridgehead atoms. The van der Waals surface area contributed by atoms with Gasteiger partial charge in [0, 0.05) is 12.1 Å². The van der Waals surface area contributed by atoms with E-state index in [1.165, 1.54) is 37.8 Å². The molecule has 1 N–H and O–H groups in total. The van der Waals surface area contributed by atoms with E-state index < -0.39 is 0 Å². The summed E-state index contributed by atoms with van der Waals surface area (Å²) in [4.78, 5) is 15.7. The predicted molar refractivity (Wildman–Crippen MR) is 73.2 cm³/mol. The van der Waals surface area contributed by atoms with Crippen LogP contribution in [0.5, 0.6) is 0 Å². The molecule has 1 heterocycles. The molecule has 2 rings (SSSR count).